The second kappa shape index (κ2) is 4.93. The maximum Gasteiger partial charge on any atom is 0.273 e. The van der Waals surface area contributed by atoms with Crippen molar-refractivity contribution in [2.24, 2.45) is 0 Å². The number of halogens is 1. The molecule has 0 spiro atoms. The molecule has 2 aromatic rings. The number of non-ortho nitro benzene ring substituents is 1. The van der Waals surface area contributed by atoms with Crippen LogP contribution in [-0.2, 0) is 0 Å². The normalized spacial score (nSPS) is 10.1. The zero-order valence-corrected chi connectivity index (χ0v) is 9.92. The lowest BCUT2D eigenvalue weighted by Crippen LogP contribution is -1.94. The number of nitro groups is 1. The van der Waals surface area contributed by atoms with Crippen LogP contribution >= 0.6 is 11.6 Å². The van der Waals surface area contributed by atoms with Crippen LogP contribution in [0.4, 0.5) is 11.4 Å². The van der Waals surface area contributed by atoms with Gasteiger partial charge in [-0.2, -0.15) is 0 Å². The molecule has 0 radical (unpaired) electrons. The topological polar surface area (TPSA) is 78.4 Å². The van der Waals surface area contributed by atoms with E-state index in [1.54, 1.807) is 24.3 Å². The second-order valence-electron chi connectivity index (χ2n) is 3.54. The van der Waals surface area contributed by atoms with E-state index < -0.39 is 4.92 Å². The van der Waals surface area contributed by atoms with Crippen molar-refractivity contribution in [3.8, 4) is 11.5 Å². The third-order valence-corrected chi connectivity index (χ3v) is 2.47. The standard InChI is InChI=1S/C12H9ClN2O3/c13-8-2-1-3-10(6-8)18-12-7-9(15(16)17)4-5-11(12)14/h1-7H,14H2. The number of hydrogen-bond acceptors (Lipinski definition) is 4. The minimum atomic E-state index is -0.510. The summed E-state index contributed by atoms with van der Waals surface area (Å²) in [4.78, 5) is 10.1. The van der Waals surface area contributed by atoms with Crippen LogP contribution in [0.2, 0.25) is 5.02 Å². The van der Waals surface area contributed by atoms with Crippen LogP contribution in [0.15, 0.2) is 42.5 Å². The van der Waals surface area contributed by atoms with Crippen LogP contribution in [0, 0.1) is 10.1 Å². The van der Waals surface area contributed by atoms with E-state index in [2.05, 4.69) is 0 Å². The number of nitro benzene ring substituents is 1. The zero-order valence-electron chi connectivity index (χ0n) is 9.17. The fraction of sp³-hybridized carbons (Fsp3) is 0. The highest BCUT2D eigenvalue weighted by Crippen LogP contribution is 2.31. The van der Waals surface area contributed by atoms with Gasteiger partial charge in [0.25, 0.3) is 5.69 Å². The summed E-state index contributed by atoms with van der Waals surface area (Å²) in [5, 5.41) is 11.2. The van der Waals surface area contributed by atoms with Crippen LogP contribution in [-0.4, -0.2) is 4.92 Å². The lowest BCUT2D eigenvalue weighted by atomic mass is 10.2. The minimum absolute atomic E-state index is 0.0822. The minimum Gasteiger partial charge on any atom is -0.455 e. The number of hydrogen-bond donors (Lipinski definition) is 1. The van der Waals surface area contributed by atoms with E-state index in [9.17, 15) is 10.1 Å². The van der Waals surface area contributed by atoms with E-state index in [4.69, 9.17) is 22.1 Å². The molecule has 0 unspecified atom stereocenters. The van der Waals surface area contributed by atoms with Crippen molar-refractivity contribution >= 4 is 23.0 Å². The van der Waals surface area contributed by atoms with Crippen molar-refractivity contribution in [1.29, 1.82) is 0 Å². The Labute approximate surface area is 108 Å². The Bertz CT molecular complexity index is 602. The summed E-state index contributed by atoms with van der Waals surface area (Å²) in [7, 11) is 0. The summed E-state index contributed by atoms with van der Waals surface area (Å²) < 4.78 is 5.47. The van der Waals surface area contributed by atoms with E-state index in [0.29, 0.717) is 16.5 Å². The summed E-state index contributed by atoms with van der Waals surface area (Å²) in [5.74, 6) is 0.696. The molecule has 0 aromatic heterocycles. The summed E-state index contributed by atoms with van der Waals surface area (Å²) in [6, 6.07) is 10.7. The molecule has 0 aliphatic heterocycles. The van der Waals surface area contributed by atoms with Crippen molar-refractivity contribution in [3.63, 3.8) is 0 Å². The number of benzene rings is 2. The molecule has 0 fully saturated rings. The van der Waals surface area contributed by atoms with Crippen molar-refractivity contribution in [1.82, 2.24) is 0 Å². The molecule has 0 saturated heterocycles. The molecule has 2 aromatic carbocycles. The third kappa shape index (κ3) is 2.70. The van der Waals surface area contributed by atoms with Gasteiger partial charge in [0.2, 0.25) is 0 Å². The van der Waals surface area contributed by atoms with Gasteiger partial charge in [-0.3, -0.25) is 10.1 Å². The monoisotopic (exact) mass is 264 g/mol. The predicted octanol–water partition coefficient (Wildman–Crippen LogP) is 3.62. The maximum atomic E-state index is 10.7. The smallest absolute Gasteiger partial charge is 0.273 e. The van der Waals surface area contributed by atoms with Gasteiger partial charge in [-0.15, -0.1) is 0 Å². The predicted molar refractivity (Wildman–Crippen MR) is 69.0 cm³/mol. The van der Waals surface area contributed by atoms with Gasteiger partial charge < -0.3 is 10.5 Å². The Kier molecular flexibility index (Phi) is 3.34. The fourth-order valence-corrected chi connectivity index (χ4v) is 1.56. The summed E-state index contributed by atoms with van der Waals surface area (Å²) in [6.07, 6.45) is 0. The number of nitrogens with zero attached hydrogens (tertiary/aromatic N) is 1. The second-order valence-corrected chi connectivity index (χ2v) is 3.98. The fourth-order valence-electron chi connectivity index (χ4n) is 1.38. The van der Waals surface area contributed by atoms with Crippen LogP contribution in [0.5, 0.6) is 11.5 Å². The molecule has 0 aliphatic carbocycles. The molecule has 2 N–H and O–H groups in total. The van der Waals surface area contributed by atoms with Gasteiger partial charge in [-0.05, 0) is 24.3 Å². The Morgan fingerprint density at radius 1 is 1.22 bits per heavy atom. The van der Waals surface area contributed by atoms with Gasteiger partial charge in [-0.25, -0.2) is 0 Å². The van der Waals surface area contributed by atoms with Crippen LogP contribution < -0.4 is 10.5 Å². The summed E-state index contributed by atoms with van der Waals surface area (Å²) >= 11 is 5.81. The molecular formula is C12H9ClN2O3. The highest BCUT2D eigenvalue weighted by atomic mass is 35.5. The Balaban J connectivity index is 2.33. The van der Waals surface area contributed by atoms with Gasteiger partial charge in [0.05, 0.1) is 16.7 Å². The average Bonchev–Trinajstić information content (AvgIpc) is 2.31. The number of anilines is 1. The van der Waals surface area contributed by atoms with Gasteiger partial charge in [0.15, 0.2) is 5.75 Å². The number of rotatable bonds is 3. The lowest BCUT2D eigenvalue weighted by molar-refractivity contribution is -0.384. The first kappa shape index (κ1) is 12.2. The van der Waals surface area contributed by atoms with Gasteiger partial charge >= 0.3 is 0 Å². The van der Waals surface area contributed by atoms with Crippen molar-refractivity contribution < 1.29 is 9.66 Å². The highest BCUT2D eigenvalue weighted by molar-refractivity contribution is 6.30. The summed E-state index contributed by atoms with van der Waals surface area (Å²) in [5.41, 5.74) is 5.93. The van der Waals surface area contributed by atoms with Gasteiger partial charge in [-0.1, -0.05) is 17.7 Å². The molecule has 0 aliphatic rings. The molecule has 0 saturated carbocycles. The first-order valence-corrected chi connectivity index (χ1v) is 5.41. The molecule has 6 heteroatoms. The van der Waals surface area contributed by atoms with Gasteiger partial charge in [0, 0.05) is 11.1 Å². The lowest BCUT2D eigenvalue weighted by Gasteiger charge is -2.08. The Hall–Kier alpha value is -2.27. The van der Waals surface area contributed by atoms with E-state index >= 15 is 0 Å². The molecule has 92 valence electrons. The van der Waals surface area contributed by atoms with Crippen LogP contribution in [0.25, 0.3) is 0 Å². The largest absolute Gasteiger partial charge is 0.455 e. The van der Waals surface area contributed by atoms with E-state index in [0.717, 1.165) is 0 Å². The molecule has 5 nitrogen and oxygen atoms in total. The van der Waals surface area contributed by atoms with Crippen LogP contribution in [0.1, 0.15) is 0 Å². The molecule has 0 atom stereocenters. The van der Waals surface area contributed by atoms with Crippen molar-refractivity contribution in [2.45, 2.75) is 0 Å². The number of ether oxygens (including phenoxy) is 1. The van der Waals surface area contributed by atoms with Crippen molar-refractivity contribution in [2.75, 3.05) is 5.73 Å². The first-order valence-electron chi connectivity index (χ1n) is 5.03. The Morgan fingerprint density at radius 3 is 2.67 bits per heavy atom. The molecule has 2 rings (SSSR count). The van der Waals surface area contributed by atoms with Crippen LogP contribution in [0.3, 0.4) is 0 Å². The number of nitrogens with two attached hydrogens (primary N) is 1. The molecule has 18 heavy (non-hydrogen) atoms. The van der Waals surface area contributed by atoms with Crippen molar-refractivity contribution in [3.05, 3.63) is 57.6 Å². The first-order chi connectivity index (χ1) is 8.56. The molecule has 0 bridgehead atoms. The quantitative estimate of drug-likeness (QED) is 0.522. The van der Waals surface area contributed by atoms with E-state index in [1.165, 1.54) is 18.2 Å². The third-order valence-electron chi connectivity index (χ3n) is 2.23. The number of nitrogen functional groups attached to an aromatic ring is 1. The molecule has 0 amide bonds. The van der Waals surface area contributed by atoms with E-state index in [-0.39, 0.29) is 11.4 Å². The van der Waals surface area contributed by atoms with Gasteiger partial charge in [0.1, 0.15) is 5.75 Å². The Morgan fingerprint density at radius 2 is 2.00 bits per heavy atom. The molecular weight excluding hydrogens is 256 g/mol. The zero-order chi connectivity index (χ0) is 13.1. The summed E-state index contributed by atoms with van der Waals surface area (Å²) in [6.45, 7) is 0. The average molecular weight is 265 g/mol. The highest BCUT2D eigenvalue weighted by Gasteiger charge is 2.10. The SMILES string of the molecule is Nc1ccc([N+](=O)[O-])cc1Oc1cccc(Cl)c1. The molecule has 0 heterocycles. The van der Waals surface area contributed by atoms with E-state index in [1.807, 2.05) is 0 Å². The maximum absolute atomic E-state index is 10.7.